The van der Waals surface area contributed by atoms with Crippen LogP contribution in [0, 0.1) is 5.92 Å². The number of ether oxygens (including phenoxy) is 1. The number of carbonyl (C=O) groups is 1. The Morgan fingerprint density at radius 1 is 1.22 bits per heavy atom. The van der Waals surface area contributed by atoms with Gasteiger partial charge in [0.15, 0.2) is 0 Å². The van der Waals surface area contributed by atoms with E-state index in [1.54, 1.807) is 12.1 Å². The van der Waals surface area contributed by atoms with Gasteiger partial charge in [-0.25, -0.2) is 8.42 Å². The maximum Gasteiger partial charge on any atom is 0.245 e. The number of carbonyl (C=O) groups excluding carboxylic acids is 1. The summed E-state index contributed by atoms with van der Waals surface area (Å²) in [5.74, 6) is 0.780. The number of amides is 1. The first-order chi connectivity index (χ1) is 12.7. The van der Waals surface area contributed by atoms with Crippen LogP contribution >= 0.6 is 0 Å². The van der Waals surface area contributed by atoms with Gasteiger partial charge in [-0.3, -0.25) is 4.79 Å². The topological polar surface area (TPSA) is 84.5 Å². The molecule has 0 radical (unpaired) electrons. The maximum absolute atomic E-state index is 13.2. The van der Waals surface area contributed by atoms with Crippen LogP contribution in [-0.2, 0) is 21.2 Å². The van der Waals surface area contributed by atoms with Gasteiger partial charge < -0.3 is 10.1 Å². The summed E-state index contributed by atoms with van der Waals surface area (Å²) >= 11 is 0. The molecule has 0 bridgehead atoms. The third-order valence-electron chi connectivity index (χ3n) is 5.81. The second-order valence-corrected chi connectivity index (χ2v) is 10.5. The van der Waals surface area contributed by atoms with Crippen LogP contribution in [0.25, 0.3) is 0 Å². The summed E-state index contributed by atoms with van der Waals surface area (Å²) in [7, 11) is -3.88. The molecule has 0 aromatic heterocycles. The molecule has 2 aliphatic carbocycles. The zero-order valence-corrected chi connectivity index (χ0v) is 16.8. The molecule has 1 aromatic rings. The highest BCUT2D eigenvalue weighted by Crippen LogP contribution is 2.41. The summed E-state index contributed by atoms with van der Waals surface area (Å²) in [5, 5.41) is 2.97. The Balaban J connectivity index is 1.60. The van der Waals surface area contributed by atoms with Crippen LogP contribution in [0.15, 0.2) is 23.1 Å². The fraction of sp³-hybridized carbons (Fsp3) is 0.650. The Morgan fingerprint density at radius 3 is 2.59 bits per heavy atom. The fourth-order valence-electron chi connectivity index (χ4n) is 4.19. The van der Waals surface area contributed by atoms with Crippen molar-refractivity contribution >= 4 is 15.9 Å². The zero-order chi connectivity index (χ0) is 19.3. The van der Waals surface area contributed by atoms with Crippen LogP contribution in [0.1, 0.15) is 57.9 Å². The number of hydrogen-bond donors (Lipinski definition) is 2. The van der Waals surface area contributed by atoms with Gasteiger partial charge in [-0.05, 0) is 57.1 Å². The summed E-state index contributed by atoms with van der Waals surface area (Å²) in [4.78, 5) is 13.0. The molecule has 3 aliphatic rings. The smallest absolute Gasteiger partial charge is 0.245 e. The van der Waals surface area contributed by atoms with E-state index in [2.05, 4.69) is 10.0 Å². The molecule has 2 fully saturated rings. The minimum Gasteiger partial charge on any atom is -0.486 e. The first kappa shape index (κ1) is 18.7. The molecular weight excluding hydrogens is 364 g/mol. The van der Waals surface area contributed by atoms with E-state index in [-0.39, 0.29) is 10.8 Å². The monoisotopic (exact) mass is 392 g/mol. The Morgan fingerprint density at radius 2 is 1.93 bits per heavy atom. The average molecular weight is 393 g/mol. The van der Waals surface area contributed by atoms with Gasteiger partial charge in [-0.2, -0.15) is 4.72 Å². The first-order valence-electron chi connectivity index (χ1n) is 9.84. The third-order valence-corrected chi connectivity index (χ3v) is 7.37. The van der Waals surface area contributed by atoms with Gasteiger partial charge in [0, 0.05) is 13.0 Å². The number of hydrogen-bond acceptors (Lipinski definition) is 4. The van der Waals surface area contributed by atoms with Crippen LogP contribution in [0.2, 0.25) is 0 Å². The number of rotatable bonds is 6. The van der Waals surface area contributed by atoms with E-state index in [0.717, 1.165) is 31.2 Å². The number of benzene rings is 1. The van der Waals surface area contributed by atoms with E-state index in [0.29, 0.717) is 37.5 Å². The summed E-state index contributed by atoms with van der Waals surface area (Å²) in [6, 6.07) is 5.21. The lowest BCUT2D eigenvalue weighted by molar-refractivity contribution is -0.126. The molecule has 148 valence electrons. The molecule has 7 heteroatoms. The molecule has 27 heavy (non-hydrogen) atoms. The van der Waals surface area contributed by atoms with E-state index in [4.69, 9.17) is 4.74 Å². The molecule has 0 atom stereocenters. The second-order valence-electron chi connectivity index (χ2n) is 8.83. The van der Waals surface area contributed by atoms with Crippen LogP contribution in [-0.4, -0.2) is 32.0 Å². The zero-order valence-electron chi connectivity index (χ0n) is 16.0. The van der Waals surface area contributed by atoms with E-state index in [1.165, 1.54) is 0 Å². The molecule has 0 spiro atoms. The summed E-state index contributed by atoms with van der Waals surface area (Å²) in [5.41, 5.74) is -0.591. The quantitative estimate of drug-likeness (QED) is 0.779. The van der Waals surface area contributed by atoms with Crippen molar-refractivity contribution in [3.63, 3.8) is 0 Å². The van der Waals surface area contributed by atoms with Gasteiger partial charge in [-0.15, -0.1) is 0 Å². The number of sulfonamides is 1. The molecule has 6 nitrogen and oxygen atoms in total. The molecule has 4 rings (SSSR count). The predicted octanol–water partition coefficient (Wildman–Crippen LogP) is 2.52. The van der Waals surface area contributed by atoms with Gasteiger partial charge >= 0.3 is 0 Å². The Bertz CT molecular complexity index is 853. The number of fused-ring (bicyclic) bond motifs is 1. The van der Waals surface area contributed by atoms with Crippen molar-refractivity contribution in [2.45, 2.75) is 74.8 Å². The molecule has 0 saturated heterocycles. The maximum atomic E-state index is 13.2. The van der Waals surface area contributed by atoms with Gasteiger partial charge in [0.05, 0.1) is 0 Å². The molecule has 1 aromatic carbocycles. The van der Waals surface area contributed by atoms with Crippen molar-refractivity contribution in [2.75, 3.05) is 6.54 Å². The summed E-state index contributed by atoms with van der Waals surface area (Å²) < 4.78 is 35.2. The van der Waals surface area contributed by atoms with Crippen molar-refractivity contribution in [1.29, 1.82) is 0 Å². The van der Waals surface area contributed by atoms with E-state index < -0.39 is 21.2 Å². The van der Waals surface area contributed by atoms with Crippen LogP contribution in [0.3, 0.4) is 0 Å². The van der Waals surface area contributed by atoms with Crippen LogP contribution < -0.4 is 14.8 Å². The molecular formula is C20H28N2O4S. The third kappa shape index (κ3) is 3.72. The fourth-order valence-corrected chi connectivity index (χ4v) is 5.79. The van der Waals surface area contributed by atoms with Crippen molar-refractivity contribution in [1.82, 2.24) is 10.0 Å². The molecule has 1 aliphatic heterocycles. The second kappa shape index (κ2) is 6.48. The SMILES string of the molecule is CC1(C)Cc2cccc(S(=O)(=O)NC3(C(=O)NCC4CC4)CCCC3)c2O1. The van der Waals surface area contributed by atoms with Gasteiger partial charge in [0.1, 0.15) is 21.8 Å². The van der Waals surface area contributed by atoms with E-state index in [9.17, 15) is 13.2 Å². The molecule has 1 heterocycles. The van der Waals surface area contributed by atoms with Gasteiger partial charge in [0.2, 0.25) is 15.9 Å². The lowest BCUT2D eigenvalue weighted by Gasteiger charge is -2.29. The standard InChI is InChI=1S/C20H28N2O4S/c1-19(2)12-15-6-5-7-16(17(15)26-19)27(24,25)22-20(10-3-4-11-20)18(23)21-13-14-8-9-14/h5-7,14,22H,3-4,8-13H2,1-2H3,(H,21,23). The highest BCUT2D eigenvalue weighted by Gasteiger charge is 2.46. The Kier molecular flexibility index (Phi) is 4.50. The van der Waals surface area contributed by atoms with E-state index in [1.807, 2.05) is 19.9 Å². The van der Waals surface area contributed by atoms with Crippen LogP contribution in [0.5, 0.6) is 5.75 Å². The number of nitrogens with one attached hydrogen (secondary N) is 2. The lowest BCUT2D eigenvalue weighted by atomic mass is 9.98. The molecule has 2 saturated carbocycles. The van der Waals surface area contributed by atoms with Crippen molar-refractivity contribution in [3.05, 3.63) is 23.8 Å². The highest BCUT2D eigenvalue weighted by atomic mass is 32.2. The minimum atomic E-state index is -3.88. The van der Waals surface area contributed by atoms with Crippen molar-refractivity contribution in [2.24, 2.45) is 5.92 Å². The lowest BCUT2D eigenvalue weighted by Crippen LogP contribution is -2.57. The Hall–Kier alpha value is -1.60. The number of para-hydroxylation sites is 1. The van der Waals surface area contributed by atoms with Gasteiger partial charge in [-0.1, -0.05) is 25.0 Å². The van der Waals surface area contributed by atoms with Crippen molar-refractivity contribution in [3.8, 4) is 5.75 Å². The summed E-state index contributed by atoms with van der Waals surface area (Å²) in [6.45, 7) is 4.53. The van der Waals surface area contributed by atoms with Crippen LogP contribution in [0.4, 0.5) is 0 Å². The molecule has 1 amide bonds. The first-order valence-corrected chi connectivity index (χ1v) is 11.3. The predicted molar refractivity (Wildman–Crippen MR) is 102 cm³/mol. The molecule has 2 N–H and O–H groups in total. The average Bonchev–Trinajstić information content (AvgIpc) is 3.20. The van der Waals surface area contributed by atoms with E-state index >= 15 is 0 Å². The normalized spacial score (nSPS) is 22.9. The van der Waals surface area contributed by atoms with Gasteiger partial charge in [0.25, 0.3) is 0 Å². The molecule has 0 unspecified atom stereocenters. The summed E-state index contributed by atoms with van der Waals surface area (Å²) in [6.07, 6.45) is 5.70. The highest BCUT2D eigenvalue weighted by molar-refractivity contribution is 7.89. The van der Waals surface area contributed by atoms with Crippen molar-refractivity contribution < 1.29 is 17.9 Å². The minimum absolute atomic E-state index is 0.131. The Labute approximate surface area is 161 Å². The largest absolute Gasteiger partial charge is 0.486 e.